The molecule has 0 aromatic carbocycles. The smallest absolute Gasteiger partial charge is 1.00 e. The summed E-state index contributed by atoms with van der Waals surface area (Å²) in [6.07, 6.45) is 0. The molecule has 0 atom stereocenters. The quantitative estimate of drug-likeness (QED) is 0.304. The van der Waals surface area contributed by atoms with Crippen LogP contribution in [0.5, 0.6) is 0 Å². The van der Waals surface area contributed by atoms with Gasteiger partial charge in [-0.3, -0.25) is 0 Å². The fourth-order valence-corrected chi connectivity index (χ4v) is 0. The van der Waals surface area contributed by atoms with Gasteiger partial charge >= 0.3 is 27.9 Å². The van der Waals surface area contributed by atoms with Gasteiger partial charge in [-0.2, -0.15) is 0 Å². The molecule has 0 spiro atoms. The van der Waals surface area contributed by atoms with Crippen molar-refractivity contribution in [2.75, 3.05) is 0 Å². The van der Waals surface area contributed by atoms with Crippen LogP contribution in [0.3, 0.4) is 0 Å². The van der Waals surface area contributed by atoms with Crippen molar-refractivity contribution in [1.29, 1.82) is 0 Å². The first-order valence-corrected chi connectivity index (χ1v) is 2.68. The van der Waals surface area contributed by atoms with Crippen molar-refractivity contribution < 1.29 is 73.6 Å². The van der Waals surface area contributed by atoms with Crippen LogP contribution in [0.25, 0.3) is 0 Å². The molecule has 0 fully saturated rings. The summed E-state index contributed by atoms with van der Waals surface area (Å²) in [4.78, 5) is 29.3. The molecule has 0 amide bonds. The van der Waals surface area contributed by atoms with Crippen molar-refractivity contribution in [3.8, 4) is 0 Å². The van der Waals surface area contributed by atoms with Gasteiger partial charge in [-0.1, -0.05) is 0 Å². The summed E-state index contributed by atoms with van der Waals surface area (Å²) in [7, 11) is -4.61. The van der Waals surface area contributed by atoms with Gasteiger partial charge in [0.05, 0.1) is 0 Å². The molecule has 0 aliphatic carbocycles. The molecule has 0 bridgehead atoms. The van der Waals surface area contributed by atoms with Gasteiger partial charge in [-0.05, 0) is 0 Å². The Morgan fingerprint density at radius 1 is 1.00 bits per heavy atom. The first-order valence-electron chi connectivity index (χ1n) is 0.894. The predicted molar refractivity (Wildman–Crippen MR) is 15.7 cm³/mol. The second-order valence-electron chi connectivity index (χ2n) is 0.600. The Labute approximate surface area is 82.4 Å². The Morgan fingerprint density at radius 2 is 1.00 bits per heavy atom. The van der Waals surface area contributed by atoms with E-state index in [9.17, 15) is 0 Å². The van der Waals surface area contributed by atoms with Gasteiger partial charge in [0, 0.05) is 34.1 Å². The molecule has 0 aliphatic heterocycles. The molecule has 8 heavy (non-hydrogen) atoms. The average molecular weight is 215 g/mol. The normalized spacial score (nSPS) is 7.50. The van der Waals surface area contributed by atoms with Crippen molar-refractivity contribution in [1.82, 2.24) is 0 Å². The second kappa shape index (κ2) is 8.69. The Morgan fingerprint density at radius 3 is 1.00 bits per heavy atom. The maximum atomic E-state index is 7.33. The topological polar surface area (TPSA) is 80.9 Å². The van der Waals surface area contributed by atoms with E-state index in [0.29, 0.717) is 0 Å². The van der Waals surface area contributed by atoms with Gasteiger partial charge in [-0.15, -0.1) is 0 Å². The van der Waals surface area contributed by atoms with Gasteiger partial charge in [0.15, 0.2) is 0 Å². The molecule has 0 unspecified atom stereocenters. The van der Waals surface area contributed by atoms with Crippen molar-refractivity contribution >= 4 is 9.05 Å². The minimum absolute atomic E-state index is 0. The van der Waals surface area contributed by atoms with Crippen LogP contribution in [0, 0.1) is 0 Å². The van der Waals surface area contributed by atoms with Gasteiger partial charge in [0.2, 0.25) is 0 Å². The van der Waals surface area contributed by atoms with E-state index < -0.39 is 9.05 Å². The van der Waals surface area contributed by atoms with Crippen LogP contribution in [0.4, 0.5) is 0 Å². The third kappa shape index (κ3) is 120. The van der Waals surface area contributed by atoms with Crippen molar-refractivity contribution in [2.45, 2.75) is 0 Å². The largest absolute Gasteiger partial charge is 1.00 e. The van der Waals surface area contributed by atoms with E-state index in [1.807, 2.05) is 0 Å². The third-order valence-corrected chi connectivity index (χ3v) is 0. The zero-order chi connectivity index (χ0) is 4.50. The van der Waals surface area contributed by atoms with Crippen molar-refractivity contribution in [2.24, 2.45) is 0 Å². The van der Waals surface area contributed by atoms with E-state index in [0.717, 1.165) is 0 Å². The molecule has 0 saturated carbocycles. The van der Waals surface area contributed by atoms with E-state index in [1.165, 1.54) is 0 Å². The zero-order valence-corrected chi connectivity index (χ0v) is 7.30. The maximum Gasteiger partial charge on any atom is 1.00 e. The van der Waals surface area contributed by atoms with Gasteiger partial charge in [0.1, 0.15) is 0 Å². The molecule has 0 saturated heterocycles. The minimum Gasteiger partial charge on any atom is -1.00 e. The van der Waals surface area contributed by atoms with E-state index in [2.05, 4.69) is 0 Å². The van der Waals surface area contributed by atoms with Crippen LogP contribution >= 0.6 is 0 Å². The summed E-state index contributed by atoms with van der Waals surface area (Å²) in [5.41, 5.74) is 0. The fraction of sp³-hybridized carbons (Fsp3) is 0. The first kappa shape index (κ1) is 22.6. The molecule has 0 aromatic heterocycles. The molecular weight excluding hydrogens is 210 g/mol. The molecule has 0 rings (SSSR count). The molecule has 4 nitrogen and oxygen atoms in total. The number of hydrogen-bond donors (Lipinski definition) is 4. The Kier molecular flexibility index (Phi) is 24.6. The fourth-order valence-electron chi connectivity index (χ4n) is 0. The molecule has 4 N–H and O–H groups in total. The number of rotatable bonds is 0. The van der Waals surface area contributed by atoms with Crippen LogP contribution in [0.1, 0.15) is 1.43 Å². The van der Waals surface area contributed by atoms with Crippen LogP contribution in [-0.4, -0.2) is 28.2 Å². The molecule has 0 aliphatic rings. The SMILES string of the molecule is O[Si](O)(O)O.[Fe].[H-].[Li+].[Mn]. The van der Waals surface area contributed by atoms with E-state index in [-0.39, 0.29) is 54.4 Å². The molecule has 49 valence electrons. The predicted octanol–water partition coefficient (Wildman–Crippen LogP) is -5.50. The van der Waals surface area contributed by atoms with Crippen LogP contribution in [-0.2, 0) is 34.1 Å². The molecule has 1 radical (unpaired) electrons. The third-order valence-electron chi connectivity index (χ3n) is 0. The standard InChI is InChI=1S/Fe.Li.Mn.H4O4Si.H/c;;;1-5(2,3)4;/h;;;1-4H;/q;+1;;;-1. The maximum absolute atomic E-state index is 7.33. The number of hydrogen-bond acceptors (Lipinski definition) is 4. The van der Waals surface area contributed by atoms with Gasteiger partial charge in [0.25, 0.3) is 0 Å². The monoisotopic (exact) mass is 215 g/mol. The summed E-state index contributed by atoms with van der Waals surface area (Å²) in [6.45, 7) is 0. The molecular formula is H5FeLiMnO4Si. The van der Waals surface area contributed by atoms with Crippen molar-refractivity contribution in [3.63, 3.8) is 0 Å². The first-order chi connectivity index (χ1) is 2.00. The van der Waals surface area contributed by atoms with Crippen LogP contribution in [0.2, 0.25) is 0 Å². The van der Waals surface area contributed by atoms with E-state index in [1.54, 1.807) is 0 Å². The summed E-state index contributed by atoms with van der Waals surface area (Å²) in [5.74, 6) is 0. The summed E-state index contributed by atoms with van der Waals surface area (Å²) >= 11 is 0. The van der Waals surface area contributed by atoms with Crippen molar-refractivity contribution in [3.05, 3.63) is 0 Å². The molecule has 0 aromatic rings. The minimum atomic E-state index is -4.61. The summed E-state index contributed by atoms with van der Waals surface area (Å²) in [6, 6.07) is 0. The second-order valence-corrected chi connectivity index (χ2v) is 1.80. The Balaban J connectivity index is -0.0000000133. The van der Waals surface area contributed by atoms with Gasteiger partial charge in [-0.25, -0.2) is 0 Å². The zero-order valence-electron chi connectivity index (χ0n) is 5.02. The van der Waals surface area contributed by atoms with E-state index in [4.69, 9.17) is 19.2 Å². The summed E-state index contributed by atoms with van der Waals surface area (Å²) in [5, 5.41) is 0. The van der Waals surface area contributed by atoms with Crippen LogP contribution in [0.15, 0.2) is 0 Å². The van der Waals surface area contributed by atoms with E-state index >= 15 is 0 Å². The average Bonchev–Trinajstić information content (AvgIpc) is 0.722. The Hall–Kier alpha value is 1.69. The summed E-state index contributed by atoms with van der Waals surface area (Å²) < 4.78 is 0. The molecule has 8 heteroatoms. The molecule has 0 heterocycles. The van der Waals surface area contributed by atoms with Crippen LogP contribution < -0.4 is 18.9 Å². The Bertz CT molecular complexity index is 36.0. The van der Waals surface area contributed by atoms with Gasteiger partial charge < -0.3 is 20.6 Å².